The highest BCUT2D eigenvalue weighted by molar-refractivity contribution is 7.51. The molecule has 3 fully saturated rings. The lowest BCUT2D eigenvalue weighted by molar-refractivity contribution is -0.0600. The van der Waals surface area contributed by atoms with Crippen LogP contribution in [0.5, 0.6) is 0 Å². The van der Waals surface area contributed by atoms with Crippen LogP contribution < -0.4 is 27.6 Å². The molecular weight excluding hydrogens is 673 g/mol. The van der Waals surface area contributed by atoms with E-state index in [1.165, 1.54) is 35.7 Å². The molecule has 3 aromatic heterocycles. The molecule has 3 aliphatic rings. The number of nitrogens with one attached hydrogen (secondary N) is 3. The van der Waals surface area contributed by atoms with Gasteiger partial charge in [-0.05, 0) is 6.92 Å². The summed E-state index contributed by atoms with van der Waals surface area (Å²) in [6.07, 6.45) is -4.75. The zero-order valence-corrected chi connectivity index (χ0v) is 27.7. The number of aliphatic hydroxyl groups excluding tert-OH is 2. The molecule has 270 valence electrons. The third-order valence-corrected chi connectivity index (χ3v) is 10.3. The van der Waals surface area contributed by atoms with Crippen LogP contribution in [0.15, 0.2) is 26.9 Å². The molecule has 21 nitrogen and oxygen atoms in total. The minimum Gasteiger partial charge on any atom is -0.394 e. The first-order valence-electron chi connectivity index (χ1n) is 15.7. The third kappa shape index (κ3) is 7.56. The fourth-order valence-corrected chi connectivity index (χ4v) is 7.57. The second-order valence-electron chi connectivity index (χ2n) is 11.9. The SMILES string of the molecule is CO[C@H]1C(O)[C@@H](COP(=O)(NCCN2CCOCC2)OC2C[C@H](n3cc(C)c(=O)[nH]c3=O)O[C@@H]2CO)O[C@H]1n1cnc2c(=O)[nH]c(N)nc21. The summed E-state index contributed by atoms with van der Waals surface area (Å²) in [5.41, 5.74) is 4.28. The van der Waals surface area contributed by atoms with E-state index in [1.807, 2.05) is 0 Å². The molecule has 0 saturated carbocycles. The zero-order chi connectivity index (χ0) is 34.9. The summed E-state index contributed by atoms with van der Waals surface area (Å²) in [7, 11) is -2.88. The minimum absolute atomic E-state index is 0.000906. The molecular formula is C27H40N9O12P. The van der Waals surface area contributed by atoms with E-state index in [2.05, 4.69) is 29.9 Å². The molecule has 3 unspecified atom stereocenters. The molecule has 22 heteroatoms. The summed E-state index contributed by atoms with van der Waals surface area (Å²) in [6.45, 7) is 3.71. The van der Waals surface area contributed by atoms with Crippen molar-refractivity contribution in [3.05, 3.63) is 49.3 Å². The molecule has 8 atom stereocenters. The normalized spacial score (nSPS) is 29.1. The molecule has 0 aliphatic carbocycles. The third-order valence-electron chi connectivity index (χ3n) is 8.65. The Balaban J connectivity index is 1.20. The first-order chi connectivity index (χ1) is 23.5. The molecule has 6 rings (SSSR count). The van der Waals surface area contributed by atoms with Gasteiger partial charge in [-0.15, -0.1) is 0 Å². The van der Waals surface area contributed by atoms with Crippen LogP contribution in [0.3, 0.4) is 0 Å². The van der Waals surface area contributed by atoms with Crippen molar-refractivity contribution in [3.8, 4) is 0 Å². The number of rotatable bonds is 13. The number of hydrogen-bond donors (Lipinski definition) is 6. The number of aryl methyl sites for hydroxylation is 1. The number of aromatic nitrogens is 6. The van der Waals surface area contributed by atoms with Crippen molar-refractivity contribution < 1.29 is 42.8 Å². The summed E-state index contributed by atoms with van der Waals surface area (Å²) >= 11 is 0. The number of fused-ring (bicyclic) bond motifs is 1. The van der Waals surface area contributed by atoms with Crippen molar-refractivity contribution in [1.82, 2.24) is 39.1 Å². The minimum atomic E-state index is -4.24. The molecule has 0 bridgehead atoms. The lowest BCUT2D eigenvalue weighted by atomic mass is 10.1. The number of ether oxygens (including phenoxy) is 4. The molecule has 0 radical (unpaired) electrons. The number of aromatic amines is 2. The smallest absolute Gasteiger partial charge is 0.394 e. The van der Waals surface area contributed by atoms with Gasteiger partial charge in [0.2, 0.25) is 5.95 Å². The van der Waals surface area contributed by atoms with E-state index in [9.17, 15) is 29.2 Å². The van der Waals surface area contributed by atoms with Crippen LogP contribution >= 0.6 is 7.75 Å². The maximum atomic E-state index is 14.4. The molecule has 3 aliphatic heterocycles. The van der Waals surface area contributed by atoms with Crippen LogP contribution in [0.4, 0.5) is 5.95 Å². The van der Waals surface area contributed by atoms with Gasteiger partial charge in [-0.25, -0.2) is 19.4 Å². The molecule has 3 saturated heterocycles. The van der Waals surface area contributed by atoms with Gasteiger partial charge < -0.3 is 34.9 Å². The highest BCUT2D eigenvalue weighted by Crippen LogP contribution is 2.49. The van der Waals surface area contributed by atoms with Gasteiger partial charge in [-0.3, -0.25) is 42.6 Å². The Morgan fingerprint density at radius 2 is 1.92 bits per heavy atom. The molecule has 49 heavy (non-hydrogen) atoms. The van der Waals surface area contributed by atoms with Gasteiger partial charge in [-0.1, -0.05) is 0 Å². The Bertz CT molecular complexity index is 1840. The standard InChI is InChI=1S/C27H40N9O12P/c1-14-10-35(27(41)33-23(14)39)18-9-15(16(11-37)46-18)48-49(42,30-3-4-34-5-7-44-8-6-34)45-12-17-20(38)21(43-2)25(47-17)36-13-29-19-22(36)31-26(28)32-24(19)40/h10,13,15-18,20-21,25,37-38H,3-9,11-12H2,1-2H3,(H,30,42)(H,33,39,41)(H3,28,31,32,40)/t15?,16-,17-,18-,20?,21+,25-,49?/m1/s1. The second kappa shape index (κ2) is 14.9. The number of morpholine rings is 1. The molecule has 7 N–H and O–H groups in total. The van der Waals surface area contributed by atoms with E-state index in [-0.39, 0.29) is 35.6 Å². The Morgan fingerprint density at radius 1 is 1.14 bits per heavy atom. The average molecular weight is 714 g/mol. The predicted molar refractivity (Wildman–Crippen MR) is 169 cm³/mol. The largest absolute Gasteiger partial charge is 0.406 e. The average Bonchev–Trinajstić information content (AvgIpc) is 3.77. The number of anilines is 1. The van der Waals surface area contributed by atoms with E-state index >= 15 is 0 Å². The van der Waals surface area contributed by atoms with Crippen LogP contribution in [0, 0.1) is 6.92 Å². The number of methoxy groups -OCH3 is 1. The van der Waals surface area contributed by atoms with Crippen LogP contribution in [0.25, 0.3) is 11.2 Å². The highest BCUT2D eigenvalue weighted by Gasteiger charge is 2.48. The number of aliphatic hydroxyl groups is 2. The first-order valence-corrected chi connectivity index (χ1v) is 17.2. The van der Waals surface area contributed by atoms with E-state index in [0.29, 0.717) is 32.8 Å². The Hall–Kier alpha value is -3.34. The van der Waals surface area contributed by atoms with Gasteiger partial charge >= 0.3 is 13.4 Å². The fourth-order valence-electron chi connectivity index (χ4n) is 6.04. The van der Waals surface area contributed by atoms with Gasteiger partial charge in [0.05, 0.1) is 32.8 Å². The molecule has 6 heterocycles. The Morgan fingerprint density at radius 3 is 2.65 bits per heavy atom. The molecule has 0 amide bonds. The maximum Gasteiger partial charge on any atom is 0.406 e. The predicted octanol–water partition coefficient (Wildman–Crippen LogP) is -2.45. The zero-order valence-electron chi connectivity index (χ0n) is 26.8. The Labute approximate surface area is 277 Å². The van der Waals surface area contributed by atoms with Gasteiger partial charge in [0, 0.05) is 51.5 Å². The maximum absolute atomic E-state index is 14.4. The van der Waals surface area contributed by atoms with Crippen molar-refractivity contribution in [1.29, 1.82) is 0 Å². The van der Waals surface area contributed by atoms with Crippen LogP contribution in [0.2, 0.25) is 0 Å². The summed E-state index contributed by atoms with van der Waals surface area (Å²) in [4.78, 5) is 51.7. The highest BCUT2D eigenvalue weighted by atomic mass is 31.2. The summed E-state index contributed by atoms with van der Waals surface area (Å²) in [5.74, 6) is -0.146. The van der Waals surface area contributed by atoms with Crippen molar-refractivity contribution in [2.75, 3.05) is 65.5 Å². The fraction of sp³-hybridized carbons (Fsp3) is 0.667. The van der Waals surface area contributed by atoms with E-state index in [0.717, 1.165) is 0 Å². The van der Waals surface area contributed by atoms with E-state index in [1.54, 1.807) is 0 Å². The second-order valence-corrected chi connectivity index (χ2v) is 13.6. The van der Waals surface area contributed by atoms with Crippen molar-refractivity contribution in [2.24, 2.45) is 0 Å². The van der Waals surface area contributed by atoms with Crippen LogP contribution in [-0.4, -0.2) is 134 Å². The lowest BCUT2D eigenvalue weighted by Crippen LogP contribution is -2.40. The Kier molecular flexibility index (Phi) is 10.8. The van der Waals surface area contributed by atoms with Gasteiger partial charge in [0.15, 0.2) is 17.4 Å². The number of imidazole rings is 1. The van der Waals surface area contributed by atoms with Crippen molar-refractivity contribution >= 4 is 24.9 Å². The van der Waals surface area contributed by atoms with Gasteiger partial charge in [0.25, 0.3) is 11.1 Å². The van der Waals surface area contributed by atoms with E-state index in [4.69, 9.17) is 33.7 Å². The number of nitrogens with two attached hydrogens (primary N) is 1. The van der Waals surface area contributed by atoms with E-state index < -0.39 is 80.7 Å². The summed E-state index contributed by atoms with van der Waals surface area (Å²) in [5, 5.41) is 24.2. The van der Waals surface area contributed by atoms with Gasteiger partial charge in [0.1, 0.15) is 36.7 Å². The topological polar surface area (TPSA) is 273 Å². The summed E-state index contributed by atoms with van der Waals surface area (Å²) < 4.78 is 51.7. The number of H-pyrrole nitrogens is 2. The molecule has 3 aromatic rings. The summed E-state index contributed by atoms with van der Waals surface area (Å²) in [6, 6.07) is 0. The molecule has 0 spiro atoms. The first kappa shape index (κ1) is 35.5. The number of hydrogen-bond acceptors (Lipinski definition) is 16. The number of nitrogens with zero attached hydrogens (tertiary/aromatic N) is 5. The van der Waals surface area contributed by atoms with Crippen LogP contribution in [-0.2, 0) is 32.6 Å². The van der Waals surface area contributed by atoms with Crippen molar-refractivity contribution in [3.63, 3.8) is 0 Å². The quantitative estimate of drug-likeness (QED) is 0.100. The van der Waals surface area contributed by atoms with Crippen molar-refractivity contribution in [2.45, 2.75) is 56.3 Å². The van der Waals surface area contributed by atoms with Gasteiger partial charge in [-0.2, -0.15) is 4.98 Å². The number of nitrogen functional groups attached to an aromatic ring is 1. The van der Waals surface area contributed by atoms with Crippen LogP contribution in [0.1, 0.15) is 24.4 Å². The monoisotopic (exact) mass is 713 g/mol. The lowest BCUT2D eigenvalue weighted by Gasteiger charge is -2.29. The molecule has 0 aromatic carbocycles.